The minimum atomic E-state index is -0.194. The van der Waals surface area contributed by atoms with Gasteiger partial charge in [0.1, 0.15) is 23.2 Å². The molecule has 33 heavy (non-hydrogen) atoms. The topological polar surface area (TPSA) is 84.2 Å². The fourth-order valence-corrected chi connectivity index (χ4v) is 4.27. The molecule has 2 aromatic carbocycles. The van der Waals surface area contributed by atoms with E-state index in [0.29, 0.717) is 35.3 Å². The van der Waals surface area contributed by atoms with E-state index in [-0.39, 0.29) is 11.9 Å². The highest BCUT2D eigenvalue weighted by Crippen LogP contribution is 2.33. The number of halogens is 1. The third-order valence-corrected chi connectivity index (χ3v) is 6.09. The average molecular weight is 463 g/mol. The number of rotatable bonds is 6. The van der Waals surface area contributed by atoms with Gasteiger partial charge in [0.15, 0.2) is 0 Å². The average Bonchev–Trinajstić information content (AvgIpc) is 3.60. The molecule has 5 rings (SSSR count). The smallest absolute Gasteiger partial charge is 0.272 e. The van der Waals surface area contributed by atoms with Crippen molar-refractivity contribution in [3.8, 4) is 17.0 Å². The number of aromatic amines is 1. The third kappa shape index (κ3) is 4.50. The fraction of sp³-hybridized carbons (Fsp3) is 0.240. The number of H-pyrrole nitrogens is 1. The van der Waals surface area contributed by atoms with Gasteiger partial charge in [-0.3, -0.25) is 9.89 Å². The Morgan fingerprint density at radius 2 is 2.09 bits per heavy atom. The van der Waals surface area contributed by atoms with E-state index >= 15 is 0 Å². The van der Waals surface area contributed by atoms with Crippen molar-refractivity contribution in [2.24, 2.45) is 0 Å². The van der Waals surface area contributed by atoms with Crippen LogP contribution in [0, 0.1) is 0 Å². The number of benzene rings is 2. The van der Waals surface area contributed by atoms with Crippen molar-refractivity contribution in [1.82, 2.24) is 20.1 Å². The molecule has 1 fully saturated rings. The lowest BCUT2D eigenvalue weighted by molar-refractivity contribution is 0.0708. The summed E-state index contributed by atoms with van der Waals surface area (Å²) in [5.41, 5.74) is 3.09. The van der Waals surface area contributed by atoms with E-state index < -0.39 is 0 Å². The Bertz CT molecular complexity index is 1260. The van der Waals surface area contributed by atoms with Crippen LogP contribution in [0.1, 0.15) is 46.6 Å². The first-order valence-electron chi connectivity index (χ1n) is 10.8. The summed E-state index contributed by atoms with van der Waals surface area (Å²) < 4.78 is 11.3. The summed E-state index contributed by atoms with van der Waals surface area (Å²) in [4.78, 5) is 19.6. The van der Waals surface area contributed by atoms with Gasteiger partial charge >= 0.3 is 0 Å². The summed E-state index contributed by atoms with van der Waals surface area (Å²) in [5, 5.41) is 7.92. The fourth-order valence-electron chi connectivity index (χ4n) is 4.14. The van der Waals surface area contributed by atoms with Crippen LogP contribution in [0.2, 0.25) is 5.02 Å². The Kier molecular flexibility index (Phi) is 5.88. The predicted molar refractivity (Wildman–Crippen MR) is 124 cm³/mol. The van der Waals surface area contributed by atoms with E-state index in [9.17, 15) is 4.79 Å². The highest BCUT2D eigenvalue weighted by atomic mass is 35.5. The zero-order chi connectivity index (χ0) is 22.8. The molecular weight excluding hydrogens is 440 g/mol. The molecule has 2 aromatic heterocycles. The van der Waals surface area contributed by atoms with Crippen molar-refractivity contribution in [1.29, 1.82) is 0 Å². The van der Waals surface area contributed by atoms with Crippen LogP contribution >= 0.6 is 11.6 Å². The van der Waals surface area contributed by atoms with E-state index in [4.69, 9.17) is 20.8 Å². The molecule has 1 unspecified atom stereocenters. The van der Waals surface area contributed by atoms with Gasteiger partial charge in [-0.25, -0.2) is 4.98 Å². The Hall–Kier alpha value is -3.58. The number of hydrogen-bond donors (Lipinski definition) is 1. The maximum atomic E-state index is 13.3. The number of carbonyl (C=O) groups excluding carboxylic acids is 1. The summed E-state index contributed by atoms with van der Waals surface area (Å²) in [6.07, 6.45) is 4.06. The second-order valence-corrected chi connectivity index (χ2v) is 8.46. The number of hydrogen-bond acceptors (Lipinski definition) is 5. The molecule has 1 N–H and O–H groups in total. The molecule has 1 aliphatic rings. The maximum absolute atomic E-state index is 13.3. The van der Waals surface area contributed by atoms with E-state index in [0.717, 1.165) is 35.5 Å². The number of amides is 1. The van der Waals surface area contributed by atoms with Crippen molar-refractivity contribution in [3.63, 3.8) is 0 Å². The van der Waals surface area contributed by atoms with Crippen LogP contribution in [0.3, 0.4) is 0 Å². The molecular formula is C25H23ClN4O3. The predicted octanol–water partition coefficient (Wildman–Crippen LogP) is 5.29. The number of nitrogens with one attached hydrogen (secondary N) is 1. The van der Waals surface area contributed by atoms with E-state index in [2.05, 4.69) is 15.2 Å². The van der Waals surface area contributed by atoms with Gasteiger partial charge in [-0.15, -0.1) is 0 Å². The minimum absolute atomic E-state index is 0.114. The lowest BCUT2D eigenvalue weighted by Gasteiger charge is -2.21. The molecule has 1 atom stereocenters. The molecule has 1 aliphatic heterocycles. The highest BCUT2D eigenvalue weighted by molar-refractivity contribution is 6.30. The van der Waals surface area contributed by atoms with Gasteiger partial charge in [-0.05, 0) is 48.7 Å². The van der Waals surface area contributed by atoms with Gasteiger partial charge in [0.2, 0.25) is 5.89 Å². The molecule has 1 saturated heterocycles. The number of oxazole rings is 1. The number of likely N-dealkylation sites (tertiary alicyclic amines) is 1. The highest BCUT2D eigenvalue weighted by Gasteiger charge is 2.34. The van der Waals surface area contributed by atoms with Gasteiger partial charge in [-0.1, -0.05) is 35.9 Å². The SMILES string of the molecule is COc1cccc(-c2cc(C(=O)N3CCCC3c3ncc(Cc4ccc(Cl)cc4)o3)[nH]n2)c1. The second-order valence-electron chi connectivity index (χ2n) is 8.02. The van der Waals surface area contributed by atoms with E-state index in [1.54, 1.807) is 24.3 Å². The molecule has 0 spiro atoms. The quantitative estimate of drug-likeness (QED) is 0.420. The van der Waals surface area contributed by atoms with Crippen molar-refractivity contribution < 1.29 is 13.9 Å². The largest absolute Gasteiger partial charge is 0.497 e. The second kappa shape index (κ2) is 9.11. The molecule has 0 aliphatic carbocycles. The maximum Gasteiger partial charge on any atom is 0.272 e. The van der Waals surface area contributed by atoms with Gasteiger partial charge in [0.25, 0.3) is 5.91 Å². The normalized spacial score (nSPS) is 15.7. The van der Waals surface area contributed by atoms with Crippen molar-refractivity contribution in [2.45, 2.75) is 25.3 Å². The van der Waals surface area contributed by atoms with Gasteiger partial charge in [0, 0.05) is 23.6 Å². The van der Waals surface area contributed by atoms with Gasteiger partial charge in [-0.2, -0.15) is 5.10 Å². The molecule has 8 heteroatoms. The number of ether oxygens (including phenoxy) is 1. The molecule has 0 radical (unpaired) electrons. The molecule has 7 nitrogen and oxygen atoms in total. The summed E-state index contributed by atoms with van der Waals surface area (Å²) in [6.45, 7) is 0.645. The number of methoxy groups -OCH3 is 1. The molecule has 0 bridgehead atoms. The van der Waals surface area contributed by atoms with Crippen LogP contribution in [0.5, 0.6) is 5.75 Å². The lowest BCUT2D eigenvalue weighted by atomic mass is 10.1. The van der Waals surface area contributed by atoms with Crippen LogP contribution < -0.4 is 4.74 Å². The zero-order valence-corrected chi connectivity index (χ0v) is 18.9. The van der Waals surface area contributed by atoms with Crippen LogP contribution in [0.25, 0.3) is 11.3 Å². The Balaban J connectivity index is 1.32. The molecule has 4 aromatic rings. The lowest BCUT2D eigenvalue weighted by Crippen LogP contribution is -2.31. The first kappa shape index (κ1) is 21.3. The minimum Gasteiger partial charge on any atom is -0.497 e. The van der Waals surface area contributed by atoms with Gasteiger partial charge in [0.05, 0.1) is 19.0 Å². The third-order valence-electron chi connectivity index (χ3n) is 5.84. The summed E-state index contributed by atoms with van der Waals surface area (Å²) in [5.74, 6) is 1.95. The first-order chi connectivity index (χ1) is 16.1. The summed E-state index contributed by atoms with van der Waals surface area (Å²) in [7, 11) is 1.62. The summed E-state index contributed by atoms with van der Waals surface area (Å²) in [6, 6.07) is 16.8. The van der Waals surface area contributed by atoms with Crippen LogP contribution in [0.15, 0.2) is 65.2 Å². The molecule has 3 heterocycles. The number of carbonyl (C=O) groups is 1. The monoisotopic (exact) mass is 462 g/mol. The Labute approximate surface area is 196 Å². The molecule has 0 saturated carbocycles. The Morgan fingerprint density at radius 3 is 2.91 bits per heavy atom. The zero-order valence-electron chi connectivity index (χ0n) is 18.1. The van der Waals surface area contributed by atoms with E-state index in [1.807, 2.05) is 48.5 Å². The van der Waals surface area contributed by atoms with Crippen molar-refractivity contribution >= 4 is 17.5 Å². The number of nitrogens with zero attached hydrogens (tertiary/aromatic N) is 3. The number of aromatic nitrogens is 3. The summed E-state index contributed by atoms with van der Waals surface area (Å²) >= 11 is 5.97. The van der Waals surface area contributed by atoms with Crippen molar-refractivity contribution in [2.75, 3.05) is 13.7 Å². The van der Waals surface area contributed by atoms with E-state index in [1.165, 1.54) is 0 Å². The molecule has 1 amide bonds. The van der Waals surface area contributed by atoms with Crippen LogP contribution in [-0.2, 0) is 6.42 Å². The molecule has 168 valence electrons. The Morgan fingerprint density at radius 1 is 1.24 bits per heavy atom. The standard InChI is InChI=1S/C25H23ClN4O3/c1-32-19-5-2-4-17(13-19)21-14-22(29-28-21)25(31)30-11-3-6-23(30)24-27-15-20(33-24)12-16-7-9-18(26)10-8-16/h2,4-5,7-10,13-15,23H,3,6,11-12H2,1H3,(H,28,29). The first-order valence-corrected chi connectivity index (χ1v) is 11.2. The van der Waals surface area contributed by atoms with Crippen molar-refractivity contribution in [3.05, 3.63) is 88.7 Å². The van der Waals surface area contributed by atoms with Crippen LogP contribution in [-0.4, -0.2) is 39.6 Å². The van der Waals surface area contributed by atoms with Crippen LogP contribution in [0.4, 0.5) is 0 Å². The van der Waals surface area contributed by atoms with Gasteiger partial charge < -0.3 is 14.1 Å².